The molecule has 1 amide bonds. The van der Waals surface area contributed by atoms with Crippen LogP contribution in [0, 0.1) is 20.8 Å². The Bertz CT molecular complexity index is 1220. The molecule has 1 aromatic heterocycles. The summed E-state index contributed by atoms with van der Waals surface area (Å²) in [5.41, 5.74) is 5.31. The first kappa shape index (κ1) is 20.9. The molecule has 1 unspecified atom stereocenters. The van der Waals surface area contributed by atoms with Gasteiger partial charge in [-0.2, -0.15) is 0 Å². The Kier molecular flexibility index (Phi) is 5.44. The van der Waals surface area contributed by atoms with Crippen LogP contribution < -0.4 is 0 Å². The number of para-hydroxylation sites is 1. The summed E-state index contributed by atoms with van der Waals surface area (Å²) in [7, 11) is 0. The number of amides is 1. The van der Waals surface area contributed by atoms with Crippen molar-refractivity contribution in [3.05, 3.63) is 76.0 Å². The Labute approximate surface area is 182 Å². The monoisotopic (exact) mass is 416 g/mol. The molecule has 0 spiro atoms. The van der Waals surface area contributed by atoms with Crippen LogP contribution in [0.5, 0.6) is 0 Å². The smallest absolute Gasteiger partial charge is 0.295 e. The van der Waals surface area contributed by atoms with Crippen molar-refractivity contribution in [1.82, 2.24) is 9.88 Å². The lowest BCUT2D eigenvalue weighted by Gasteiger charge is -2.25. The highest BCUT2D eigenvalue weighted by Crippen LogP contribution is 2.43. The van der Waals surface area contributed by atoms with E-state index in [4.69, 9.17) is 0 Å². The number of aryl methyl sites for hydroxylation is 3. The Hall–Kier alpha value is -3.34. The molecule has 1 fully saturated rings. The Morgan fingerprint density at radius 1 is 1.10 bits per heavy atom. The largest absolute Gasteiger partial charge is 0.507 e. The number of aromatic nitrogens is 1. The van der Waals surface area contributed by atoms with Crippen LogP contribution >= 0.6 is 0 Å². The summed E-state index contributed by atoms with van der Waals surface area (Å²) >= 11 is 0. The molecule has 1 aliphatic rings. The van der Waals surface area contributed by atoms with E-state index >= 15 is 0 Å². The first-order valence-corrected chi connectivity index (χ1v) is 10.8. The van der Waals surface area contributed by atoms with Crippen LogP contribution in [0.3, 0.4) is 0 Å². The van der Waals surface area contributed by atoms with Crippen LogP contribution in [-0.4, -0.2) is 33.2 Å². The van der Waals surface area contributed by atoms with E-state index in [1.54, 1.807) is 4.90 Å². The first-order valence-electron chi connectivity index (χ1n) is 10.8. The number of Topliss-reactive ketones (excluding diaryl/α,β-unsaturated/α-hetero) is 1. The lowest BCUT2D eigenvalue weighted by atomic mass is 9.92. The van der Waals surface area contributed by atoms with E-state index in [-0.39, 0.29) is 11.3 Å². The lowest BCUT2D eigenvalue weighted by molar-refractivity contribution is -0.139. The normalized spacial score (nSPS) is 18.3. The minimum Gasteiger partial charge on any atom is -0.507 e. The van der Waals surface area contributed by atoms with E-state index in [9.17, 15) is 14.7 Å². The predicted octanol–water partition coefficient (Wildman–Crippen LogP) is 5.31. The summed E-state index contributed by atoms with van der Waals surface area (Å²) < 4.78 is 0. The summed E-state index contributed by atoms with van der Waals surface area (Å²) in [5.74, 6) is -1.27. The third-order valence-corrected chi connectivity index (χ3v) is 6.16. The number of hydrogen-bond acceptors (Lipinski definition) is 3. The van der Waals surface area contributed by atoms with Gasteiger partial charge in [0.2, 0.25) is 0 Å². The molecule has 1 aliphatic heterocycles. The number of ketones is 1. The number of unbranched alkanes of at least 4 members (excludes halogenated alkanes) is 1. The molecule has 1 saturated heterocycles. The fraction of sp³-hybridized carbons (Fsp3) is 0.308. The molecule has 160 valence electrons. The number of aliphatic hydroxyl groups is 1. The van der Waals surface area contributed by atoms with Gasteiger partial charge in [0, 0.05) is 34.3 Å². The summed E-state index contributed by atoms with van der Waals surface area (Å²) in [6.45, 7) is 8.31. The molecule has 0 bridgehead atoms. The summed E-state index contributed by atoms with van der Waals surface area (Å²) in [6.07, 6.45) is 1.69. The van der Waals surface area contributed by atoms with Crippen LogP contribution in [0.25, 0.3) is 16.7 Å². The number of likely N-dealkylation sites (tertiary alicyclic amines) is 1. The van der Waals surface area contributed by atoms with Crippen molar-refractivity contribution in [1.29, 1.82) is 0 Å². The highest BCUT2D eigenvalue weighted by atomic mass is 16.3. The van der Waals surface area contributed by atoms with Crippen molar-refractivity contribution in [2.24, 2.45) is 0 Å². The second-order valence-electron chi connectivity index (χ2n) is 8.37. The third kappa shape index (κ3) is 3.44. The van der Waals surface area contributed by atoms with Crippen molar-refractivity contribution >= 4 is 28.4 Å². The van der Waals surface area contributed by atoms with Gasteiger partial charge >= 0.3 is 0 Å². The van der Waals surface area contributed by atoms with Gasteiger partial charge in [-0.25, -0.2) is 0 Å². The maximum absolute atomic E-state index is 13.2. The predicted molar refractivity (Wildman–Crippen MR) is 123 cm³/mol. The number of rotatable bonds is 5. The molecule has 5 nitrogen and oxygen atoms in total. The second-order valence-corrected chi connectivity index (χ2v) is 8.37. The number of aliphatic hydroxyl groups excluding tert-OH is 1. The van der Waals surface area contributed by atoms with Crippen molar-refractivity contribution < 1.29 is 14.7 Å². The minimum absolute atomic E-state index is 0.103. The minimum atomic E-state index is -0.623. The Balaban J connectivity index is 2.00. The average molecular weight is 417 g/mol. The van der Waals surface area contributed by atoms with Crippen molar-refractivity contribution in [2.75, 3.05) is 6.54 Å². The highest BCUT2D eigenvalue weighted by molar-refractivity contribution is 6.46. The maximum atomic E-state index is 13.2. The van der Waals surface area contributed by atoms with Crippen LogP contribution in [0.2, 0.25) is 0 Å². The standard InChI is InChI=1S/C26H28N2O3/c1-5-6-13-28-23(21-17(4)27-20-10-8-7-9-18(20)21)22(25(30)26(28)31)24(29)19-14-15(2)11-12-16(19)3/h7-12,14,23,27,29H,5-6,13H2,1-4H3/b24-22+. The molecular formula is C26H28N2O3. The second kappa shape index (κ2) is 8.06. The number of carbonyl (C=O) groups is 2. The Morgan fingerprint density at radius 2 is 1.84 bits per heavy atom. The van der Waals surface area contributed by atoms with E-state index in [1.165, 1.54) is 0 Å². The van der Waals surface area contributed by atoms with E-state index in [0.717, 1.165) is 46.1 Å². The van der Waals surface area contributed by atoms with Crippen LogP contribution in [0.4, 0.5) is 0 Å². The van der Waals surface area contributed by atoms with Crippen LogP contribution in [0.15, 0.2) is 48.0 Å². The topological polar surface area (TPSA) is 73.4 Å². The zero-order valence-corrected chi connectivity index (χ0v) is 18.5. The molecular weight excluding hydrogens is 388 g/mol. The maximum Gasteiger partial charge on any atom is 0.295 e. The number of H-pyrrole nitrogens is 1. The molecule has 1 atom stereocenters. The van der Waals surface area contributed by atoms with E-state index in [1.807, 2.05) is 63.2 Å². The number of hydrogen-bond donors (Lipinski definition) is 2. The lowest BCUT2D eigenvalue weighted by Crippen LogP contribution is -2.30. The van der Waals surface area contributed by atoms with Crippen molar-refractivity contribution in [3.8, 4) is 0 Å². The fourth-order valence-electron chi connectivity index (χ4n) is 4.53. The van der Waals surface area contributed by atoms with E-state index < -0.39 is 17.7 Å². The molecule has 2 aromatic carbocycles. The number of nitrogens with one attached hydrogen (secondary N) is 1. The summed E-state index contributed by atoms with van der Waals surface area (Å²) in [6, 6.07) is 13.0. The van der Waals surface area contributed by atoms with Gasteiger partial charge in [0.15, 0.2) is 0 Å². The van der Waals surface area contributed by atoms with Crippen LogP contribution in [0.1, 0.15) is 53.8 Å². The summed E-state index contributed by atoms with van der Waals surface area (Å²) in [5, 5.41) is 12.3. The molecule has 0 aliphatic carbocycles. The zero-order chi connectivity index (χ0) is 22.3. The third-order valence-electron chi connectivity index (χ3n) is 6.16. The van der Waals surface area contributed by atoms with E-state index in [0.29, 0.717) is 12.1 Å². The molecule has 3 aromatic rings. The van der Waals surface area contributed by atoms with E-state index in [2.05, 4.69) is 11.9 Å². The highest BCUT2D eigenvalue weighted by Gasteiger charge is 2.47. The zero-order valence-electron chi connectivity index (χ0n) is 18.5. The Morgan fingerprint density at radius 3 is 2.58 bits per heavy atom. The summed E-state index contributed by atoms with van der Waals surface area (Å²) in [4.78, 5) is 31.3. The SMILES string of the molecule is CCCCN1C(=O)C(=O)/C(=C(/O)c2cc(C)ccc2C)C1c1c(C)[nH]c2ccccc12. The quantitative estimate of drug-likeness (QED) is 0.336. The number of fused-ring (bicyclic) bond motifs is 1. The molecule has 2 N–H and O–H groups in total. The van der Waals surface area contributed by atoms with Gasteiger partial charge < -0.3 is 15.0 Å². The van der Waals surface area contributed by atoms with Crippen LogP contribution in [-0.2, 0) is 9.59 Å². The molecule has 5 heteroatoms. The van der Waals surface area contributed by atoms with Gasteiger partial charge in [-0.3, -0.25) is 9.59 Å². The molecule has 0 saturated carbocycles. The van der Waals surface area contributed by atoms with Gasteiger partial charge in [-0.1, -0.05) is 49.2 Å². The van der Waals surface area contributed by atoms with Crippen molar-refractivity contribution in [3.63, 3.8) is 0 Å². The molecule has 0 radical (unpaired) electrons. The molecule has 4 rings (SSSR count). The van der Waals surface area contributed by atoms with Gasteiger partial charge in [-0.15, -0.1) is 0 Å². The average Bonchev–Trinajstić information content (AvgIpc) is 3.20. The molecule has 2 heterocycles. The fourth-order valence-corrected chi connectivity index (χ4v) is 4.53. The van der Waals surface area contributed by atoms with Gasteiger partial charge in [0.05, 0.1) is 11.6 Å². The number of aromatic amines is 1. The number of benzene rings is 2. The van der Waals surface area contributed by atoms with Gasteiger partial charge in [0.25, 0.3) is 11.7 Å². The first-order chi connectivity index (χ1) is 14.8. The number of carbonyl (C=O) groups excluding carboxylic acids is 2. The molecule has 31 heavy (non-hydrogen) atoms. The van der Waals surface area contributed by atoms with Crippen molar-refractivity contribution in [2.45, 2.75) is 46.6 Å². The van der Waals surface area contributed by atoms with Gasteiger partial charge in [0.1, 0.15) is 5.76 Å². The van der Waals surface area contributed by atoms with Gasteiger partial charge in [-0.05, 0) is 44.9 Å². The number of nitrogens with zero attached hydrogens (tertiary/aromatic N) is 1.